The number of unbranched alkanes of at least 4 members (excludes halogenated alkanes) is 27. The van der Waals surface area contributed by atoms with E-state index >= 15 is 0 Å². The van der Waals surface area contributed by atoms with E-state index in [2.05, 4.69) is 20.8 Å². The molecule has 0 fully saturated rings. The van der Waals surface area contributed by atoms with Crippen LogP contribution in [0.2, 0.25) is 0 Å². The maximum Gasteiger partial charge on any atom is 3.00 e. The first-order valence-corrected chi connectivity index (χ1v) is 24.0. The molecule has 3 atom stereocenters. The minimum Gasteiger partial charge on any atom is -0.802 e. The normalized spacial score (nSPS) is 12.7. The summed E-state index contributed by atoms with van der Waals surface area (Å²) in [6.07, 6.45) is 39.0. The zero-order valence-electron chi connectivity index (χ0n) is 30.8. The number of hydrogen-bond donors (Lipinski definition) is 0. The molecular formula is C36H78NdO6P3. The predicted octanol–water partition coefficient (Wildman–Crippen LogP) is 11.2. The molecule has 0 bridgehead atoms. The molecule has 0 heterocycles. The third-order valence-electron chi connectivity index (χ3n) is 8.20. The van der Waals surface area contributed by atoms with Gasteiger partial charge >= 0.3 is 40.8 Å². The van der Waals surface area contributed by atoms with E-state index in [1.165, 1.54) is 154 Å². The molecule has 0 aliphatic rings. The Bertz CT molecular complexity index is 533. The molecule has 46 heavy (non-hydrogen) atoms. The first-order chi connectivity index (χ1) is 21.8. The van der Waals surface area contributed by atoms with Crippen molar-refractivity contribution in [3.05, 3.63) is 0 Å². The van der Waals surface area contributed by atoms with Crippen molar-refractivity contribution in [2.45, 2.75) is 213 Å². The van der Waals surface area contributed by atoms with Crippen molar-refractivity contribution >= 4 is 24.1 Å². The van der Waals surface area contributed by atoms with Gasteiger partial charge in [0, 0.05) is 24.1 Å². The zero-order valence-corrected chi connectivity index (χ0v) is 37.0. The molecule has 0 aromatic carbocycles. The minimum absolute atomic E-state index is 0. The van der Waals surface area contributed by atoms with Crippen LogP contribution in [0.5, 0.6) is 0 Å². The summed E-state index contributed by atoms with van der Waals surface area (Å²) < 4.78 is 30.9. The van der Waals surface area contributed by atoms with E-state index in [0.29, 0.717) is 18.5 Å². The van der Waals surface area contributed by atoms with Crippen LogP contribution >= 0.6 is 24.1 Å². The number of rotatable bonds is 33. The average molecular weight is 844 g/mol. The monoisotopic (exact) mass is 841 g/mol. The molecule has 6 nitrogen and oxygen atoms in total. The van der Waals surface area contributed by atoms with Gasteiger partial charge in [-0.1, -0.05) is 194 Å². The first-order valence-electron chi connectivity index (χ1n) is 19.4. The third kappa shape index (κ3) is 64.4. The van der Waals surface area contributed by atoms with Crippen LogP contribution in [0.25, 0.3) is 0 Å². The Balaban J connectivity index is -0.000000285. The van der Waals surface area contributed by atoms with Crippen LogP contribution in [0.3, 0.4) is 0 Å². The van der Waals surface area contributed by atoms with Gasteiger partial charge in [-0.3, -0.25) is 0 Å². The molecule has 0 aliphatic heterocycles. The first kappa shape index (κ1) is 54.7. The minimum atomic E-state index is -2.44. The van der Waals surface area contributed by atoms with Crippen LogP contribution in [0.15, 0.2) is 0 Å². The van der Waals surface area contributed by atoms with Crippen LogP contribution in [0.4, 0.5) is 0 Å². The molecule has 10 heteroatoms. The molecule has 277 valence electrons. The standard InChI is InChI=1S/3C12H27O2P.Nd/c3*1-2-3-4-5-6-7-8-9-10-11-12-15(13)14;/h3*15H,2-12H2,1H3,(H,13,14);/q;;;+3/p-3. The van der Waals surface area contributed by atoms with Gasteiger partial charge in [0.25, 0.3) is 0 Å². The SMILES string of the molecule is CCCCCCCCCCCC[PH](=O)[O-].CCCCCCCCCCCC[PH](=O)[O-].CCCCCCCCCCCC[PH](=O)[O-].[Nd+3]. The summed E-state index contributed by atoms with van der Waals surface area (Å²) in [4.78, 5) is 30.9. The average Bonchev–Trinajstić information content (AvgIpc) is 3.00. The molecule has 0 aromatic heterocycles. The van der Waals surface area contributed by atoms with Crippen LogP contribution in [0.1, 0.15) is 213 Å². The summed E-state index contributed by atoms with van der Waals surface area (Å²) in [5, 5.41) is 0. The van der Waals surface area contributed by atoms with Gasteiger partial charge in [-0.2, -0.15) is 0 Å². The van der Waals surface area contributed by atoms with Crippen molar-refractivity contribution in [2.75, 3.05) is 18.5 Å². The Morgan fingerprint density at radius 2 is 0.413 bits per heavy atom. The number of hydrogen-bond acceptors (Lipinski definition) is 6. The Morgan fingerprint density at radius 1 is 0.283 bits per heavy atom. The van der Waals surface area contributed by atoms with Gasteiger partial charge in [0.2, 0.25) is 0 Å². The summed E-state index contributed by atoms with van der Waals surface area (Å²) in [5.41, 5.74) is 0. The summed E-state index contributed by atoms with van der Waals surface area (Å²) in [5.74, 6) is 0. The molecular weight excluding hydrogens is 766 g/mol. The van der Waals surface area contributed by atoms with Gasteiger partial charge < -0.3 is 28.4 Å². The van der Waals surface area contributed by atoms with Crippen molar-refractivity contribution in [3.8, 4) is 0 Å². The molecule has 0 rings (SSSR count). The van der Waals surface area contributed by atoms with Crippen LogP contribution in [0, 0.1) is 40.8 Å². The maximum absolute atomic E-state index is 10.3. The van der Waals surface area contributed by atoms with Crippen molar-refractivity contribution in [2.24, 2.45) is 0 Å². The summed E-state index contributed by atoms with van der Waals surface area (Å²) in [6.45, 7) is 6.71. The van der Waals surface area contributed by atoms with Gasteiger partial charge in [-0.15, -0.1) is 0 Å². The molecule has 0 amide bonds. The fraction of sp³-hybridized carbons (Fsp3) is 1.00. The topological polar surface area (TPSA) is 120 Å². The Labute approximate surface area is 322 Å². The zero-order chi connectivity index (χ0) is 34.1. The molecule has 0 aliphatic carbocycles. The second-order valence-electron chi connectivity index (χ2n) is 12.9. The largest absolute Gasteiger partial charge is 3.00 e. The fourth-order valence-corrected chi connectivity index (χ4v) is 6.89. The smallest absolute Gasteiger partial charge is 0.802 e. The molecule has 0 N–H and O–H groups in total. The second kappa shape index (κ2) is 51.3. The third-order valence-corrected chi connectivity index (χ3v) is 10.5. The van der Waals surface area contributed by atoms with Crippen molar-refractivity contribution < 1.29 is 69.2 Å². The molecule has 0 aromatic rings. The molecule has 3 unspecified atom stereocenters. The molecule has 0 spiro atoms. The van der Waals surface area contributed by atoms with E-state index in [-0.39, 0.29) is 40.8 Å². The fourth-order valence-electron chi connectivity index (χ4n) is 5.27. The van der Waals surface area contributed by atoms with Crippen LogP contribution in [-0.2, 0) is 13.7 Å². The predicted molar refractivity (Wildman–Crippen MR) is 197 cm³/mol. The van der Waals surface area contributed by atoms with Gasteiger partial charge in [0.05, 0.1) is 0 Å². The van der Waals surface area contributed by atoms with Gasteiger partial charge in [-0.25, -0.2) is 0 Å². The van der Waals surface area contributed by atoms with E-state index in [9.17, 15) is 28.4 Å². The summed E-state index contributed by atoms with van der Waals surface area (Å²) in [7, 11) is -7.33. The summed E-state index contributed by atoms with van der Waals surface area (Å²) in [6, 6.07) is 0. The molecule has 0 saturated heterocycles. The van der Waals surface area contributed by atoms with Crippen molar-refractivity contribution in [3.63, 3.8) is 0 Å². The van der Waals surface area contributed by atoms with Crippen LogP contribution < -0.4 is 14.7 Å². The van der Waals surface area contributed by atoms with E-state index in [1.54, 1.807) is 0 Å². The van der Waals surface area contributed by atoms with Crippen molar-refractivity contribution in [1.82, 2.24) is 0 Å². The Hall–Kier alpha value is 1.92. The maximum atomic E-state index is 10.3. The Kier molecular flexibility index (Phi) is 61.0. The quantitative estimate of drug-likeness (QED) is 0.0479. The second-order valence-corrected chi connectivity index (χ2v) is 16.6. The van der Waals surface area contributed by atoms with E-state index in [4.69, 9.17) is 0 Å². The van der Waals surface area contributed by atoms with Crippen molar-refractivity contribution in [1.29, 1.82) is 0 Å². The molecule has 0 saturated carbocycles. The van der Waals surface area contributed by atoms with E-state index in [1.807, 2.05) is 0 Å². The van der Waals surface area contributed by atoms with Gasteiger partial charge in [-0.05, 0) is 37.7 Å². The van der Waals surface area contributed by atoms with E-state index in [0.717, 1.165) is 38.5 Å². The molecule has 1 radical (unpaired) electrons. The van der Waals surface area contributed by atoms with Crippen LogP contribution in [-0.4, -0.2) is 18.5 Å². The van der Waals surface area contributed by atoms with Gasteiger partial charge in [0.15, 0.2) is 0 Å². The Morgan fingerprint density at radius 3 is 0.543 bits per heavy atom. The summed E-state index contributed by atoms with van der Waals surface area (Å²) >= 11 is 0. The van der Waals surface area contributed by atoms with Gasteiger partial charge in [0.1, 0.15) is 0 Å². The van der Waals surface area contributed by atoms with E-state index < -0.39 is 24.1 Å².